The summed E-state index contributed by atoms with van der Waals surface area (Å²) in [6.45, 7) is 1.12. The molecule has 0 saturated heterocycles. The fourth-order valence-electron chi connectivity index (χ4n) is 2.00. The minimum absolute atomic E-state index is 0.00149. The predicted molar refractivity (Wildman–Crippen MR) is 85.9 cm³/mol. The van der Waals surface area contributed by atoms with Crippen LogP contribution in [0.3, 0.4) is 0 Å². The van der Waals surface area contributed by atoms with E-state index in [0.717, 1.165) is 5.56 Å². The van der Waals surface area contributed by atoms with Gasteiger partial charge in [0.2, 0.25) is 0 Å². The average Bonchev–Trinajstić information content (AvgIpc) is 2.58. The zero-order valence-electron chi connectivity index (χ0n) is 13.1. The summed E-state index contributed by atoms with van der Waals surface area (Å²) in [7, 11) is 0. The highest BCUT2D eigenvalue weighted by molar-refractivity contribution is 5.92. The molecular formula is C18H18O6. The normalized spacial score (nSPS) is 11.6. The summed E-state index contributed by atoms with van der Waals surface area (Å²) < 4.78 is 9.89. The fourth-order valence-corrected chi connectivity index (χ4v) is 2.00. The first-order chi connectivity index (χ1) is 11.5. The number of rotatable bonds is 6. The Bertz CT molecular complexity index is 663. The van der Waals surface area contributed by atoms with Gasteiger partial charge in [0.05, 0.1) is 5.56 Å². The van der Waals surface area contributed by atoms with E-state index in [1.165, 1.54) is 12.1 Å². The van der Waals surface area contributed by atoms with E-state index < -0.39 is 18.0 Å². The highest BCUT2D eigenvalue weighted by atomic mass is 16.6. The van der Waals surface area contributed by atoms with Crippen molar-refractivity contribution in [3.8, 4) is 5.75 Å². The first kappa shape index (κ1) is 17.5. The molecule has 24 heavy (non-hydrogen) atoms. The number of ether oxygens (including phenoxy) is 2. The Hall–Kier alpha value is -2.86. The molecule has 0 aliphatic rings. The van der Waals surface area contributed by atoms with Crippen molar-refractivity contribution < 1.29 is 29.3 Å². The van der Waals surface area contributed by atoms with Gasteiger partial charge in [-0.05, 0) is 30.7 Å². The number of hydrogen-bond acceptors (Lipinski definition) is 6. The topological polar surface area (TPSA) is 93.1 Å². The van der Waals surface area contributed by atoms with Crippen LogP contribution in [0.2, 0.25) is 0 Å². The summed E-state index contributed by atoms with van der Waals surface area (Å²) in [6, 6.07) is 12.8. The summed E-state index contributed by atoms with van der Waals surface area (Å²) >= 11 is 0. The molecule has 0 fully saturated rings. The highest BCUT2D eigenvalue weighted by Gasteiger charge is 2.16. The Labute approximate surface area is 139 Å². The van der Waals surface area contributed by atoms with E-state index >= 15 is 0 Å². The van der Waals surface area contributed by atoms with Crippen LogP contribution in [-0.4, -0.2) is 41.5 Å². The Kier molecular flexibility index (Phi) is 5.92. The number of hydrogen-bond donors (Lipinski definition) is 2. The van der Waals surface area contributed by atoms with Gasteiger partial charge in [0.15, 0.2) is 0 Å². The fraction of sp³-hybridized carbons (Fsp3) is 0.222. The van der Waals surface area contributed by atoms with Gasteiger partial charge in [0, 0.05) is 0 Å². The molecule has 0 bridgehead atoms. The lowest BCUT2D eigenvalue weighted by Crippen LogP contribution is -2.25. The van der Waals surface area contributed by atoms with Gasteiger partial charge in [-0.25, -0.2) is 9.59 Å². The molecule has 1 unspecified atom stereocenters. The van der Waals surface area contributed by atoms with E-state index in [2.05, 4.69) is 0 Å². The third-order valence-electron chi connectivity index (χ3n) is 3.30. The number of aliphatic hydroxyl groups is 1. The average molecular weight is 330 g/mol. The van der Waals surface area contributed by atoms with Crippen LogP contribution in [-0.2, 0) is 9.47 Å². The molecule has 0 aliphatic carbocycles. The molecule has 2 aromatic rings. The van der Waals surface area contributed by atoms with Crippen LogP contribution >= 0.6 is 0 Å². The summed E-state index contributed by atoms with van der Waals surface area (Å²) in [4.78, 5) is 23.7. The Morgan fingerprint density at radius 2 is 1.42 bits per heavy atom. The van der Waals surface area contributed by atoms with Crippen LogP contribution in [0.25, 0.3) is 0 Å². The molecule has 0 amide bonds. The molecule has 2 aromatic carbocycles. The van der Waals surface area contributed by atoms with Crippen molar-refractivity contribution in [1.29, 1.82) is 0 Å². The number of aromatic hydroxyl groups is 1. The van der Waals surface area contributed by atoms with E-state index in [4.69, 9.17) is 9.47 Å². The van der Waals surface area contributed by atoms with E-state index in [0.29, 0.717) is 5.56 Å². The Morgan fingerprint density at radius 3 is 2.00 bits per heavy atom. The maximum Gasteiger partial charge on any atom is 0.342 e. The number of phenolic OH excluding ortho intramolecular Hbond substituents is 1. The summed E-state index contributed by atoms with van der Waals surface area (Å²) in [5.74, 6) is -1.53. The number of phenols is 1. The second kappa shape index (κ2) is 8.12. The molecule has 6 heteroatoms. The van der Waals surface area contributed by atoms with Gasteiger partial charge in [-0.3, -0.25) is 0 Å². The van der Waals surface area contributed by atoms with Crippen molar-refractivity contribution in [1.82, 2.24) is 0 Å². The van der Waals surface area contributed by atoms with Crippen molar-refractivity contribution in [3.63, 3.8) is 0 Å². The second-order valence-electron chi connectivity index (χ2n) is 5.18. The van der Waals surface area contributed by atoms with Gasteiger partial charge < -0.3 is 19.7 Å². The number of carbonyl (C=O) groups excluding carboxylic acids is 2. The van der Waals surface area contributed by atoms with E-state index in [1.807, 2.05) is 0 Å². The van der Waals surface area contributed by atoms with Crippen LogP contribution in [0.5, 0.6) is 5.75 Å². The number of aryl methyl sites for hydroxylation is 1. The molecule has 0 radical (unpaired) electrons. The van der Waals surface area contributed by atoms with Gasteiger partial charge >= 0.3 is 11.9 Å². The molecule has 6 nitrogen and oxygen atoms in total. The lowest BCUT2D eigenvalue weighted by molar-refractivity contribution is -0.00482. The van der Waals surface area contributed by atoms with Gasteiger partial charge in [0.1, 0.15) is 30.6 Å². The van der Waals surface area contributed by atoms with Gasteiger partial charge in [-0.2, -0.15) is 0 Å². The molecule has 0 spiro atoms. The Morgan fingerprint density at radius 1 is 0.917 bits per heavy atom. The first-order valence-electron chi connectivity index (χ1n) is 7.35. The standard InChI is InChI=1S/C18H18O6/c1-12-6-2-3-7-14(12)17(21)23-10-13(19)11-24-18(22)15-8-4-5-9-16(15)20/h2-9,13,19-20H,10-11H2,1H3. The van der Waals surface area contributed by atoms with Crippen molar-refractivity contribution >= 4 is 11.9 Å². The number of para-hydroxylation sites is 1. The maximum atomic E-state index is 11.9. The molecule has 1 atom stereocenters. The van der Waals surface area contributed by atoms with Crippen molar-refractivity contribution in [2.45, 2.75) is 13.0 Å². The van der Waals surface area contributed by atoms with Crippen molar-refractivity contribution in [2.75, 3.05) is 13.2 Å². The van der Waals surface area contributed by atoms with Crippen molar-refractivity contribution in [3.05, 3.63) is 65.2 Å². The smallest absolute Gasteiger partial charge is 0.342 e. The first-order valence-corrected chi connectivity index (χ1v) is 7.35. The van der Waals surface area contributed by atoms with Gasteiger partial charge in [-0.1, -0.05) is 30.3 Å². The lowest BCUT2D eigenvalue weighted by atomic mass is 10.1. The third kappa shape index (κ3) is 4.57. The van der Waals surface area contributed by atoms with Gasteiger partial charge in [-0.15, -0.1) is 0 Å². The number of benzene rings is 2. The molecule has 0 saturated carbocycles. The SMILES string of the molecule is Cc1ccccc1C(=O)OCC(O)COC(=O)c1ccccc1O. The van der Waals surface area contributed by atoms with Crippen LogP contribution in [0.4, 0.5) is 0 Å². The zero-order chi connectivity index (χ0) is 17.5. The minimum Gasteiger partial charge on any atom is -0.507 e. The number of esters is 2. The monoisotopic (exact) mass is 330 g/mol. The van der Waals surface area contributed by atoms with E-state index in [9.17, 15) is 19.8 Å². The number of carbonyl (C=O) groups is 2. The quantitative estimate of drug-likeness (QED) is 0.788. The zero-order valence-corrected chi connectivity index (χ0v) is 13.1. The summed E-state index contributed by atoms with van der Waals surface area (Å²) in [5.41, 5.74) is 1.18. The largest absolute Gasteiger partial charge is 0.507 e. The highest BCUT2D eigenvalue weighted by Crippen LogP contribution is 2.16. The molecule has 126 valence electrons. The minimum atomic E-state index is -1.16. The van der Waals surface area contributed by atoms with Gasteiger partial charge in [0.25, 0.3) is 0 Å². The number of aliphatic hydroxyl groups excluding tert-OH is 1. The molecule has 0 aromatic heterocycles. The van der Waals surface area contributed by atoms with Crippen LogP contribution in [0, 0.1) is 6.92 Å². The molecule has 2 N–H and O–H groups in total. The van der Waals surface area contributed by atoms with Crippen LogP contribution < -0.4 is 0 Å². The molecule has 0 aliphatic heterocycles. The predicted octanol–water partition coefficient (Wildman–Crippen LogP) is 2.08. The molecule has 2 rings (SSSR count). The third-order valence-corrected chi connectivity index (χ3v) is 3.30. The van der Waals surface area contributed by atoms with Crippen LogP contribution in [0.15, 0.2) is 48.5 Å². The Balaban J connectivity index is 1.80. The van der Waals surface area contributed by atoms with E-state index in [1.54, 1.807) is 43.3 Å². The molecule has 0 heterocycles. The summed E-state index contributed by atoms with van der Waals surface area (Å²) in [6.07, 6.45) is -1.16. The molecular weight excluding hydrogens is 312 g/mol. The summed E-state index contributed by atoms with van der Waals surface area (Å²) in [5, 5.41) is 19.3. The maximum absolute atomic E-state index is 11.9. The van der Waals surface area contributed by atoms with E-state index in [-0.39, 0.29) is 24.5 Å². The van der Waals surface area contributed by atoms with Crippen LogP contribution in [0.1, 0.15) is 26.3 Å². The van der Waals surface area contributed by atoms with Crippen molar-refractivity contribution in [2.24, 2.45) is 0 Å². The second-order valence-corrected chi connectivity index (χ2v) is 5.18. The lowest BCUT2D eigenvalue weighted by Gasteiger charge is -2.13.